The van der Waals surface area contributed by atoms with Crippen LogP contribution in [0.3, 0.4) is 0 Å². The molecule has 3 atom stereocenters. The predicted octanol–water partition coefficient (Wildman–Crippen LogP) is 4.74. The number of amides is 1. The zero-order valence-electron chi connectivity index (χ0n) is 21.6. The number of likely N-dealkylation sites (tertiary alicyclic amines) is 1. The maximum absolute atomic E-state index is 13.3. The van der Waals surface area contributed by atoms with Crippen LogP contribution in [-0.4, -0.2) is 78.0 Å². The van der Waals surface area contributed by atoms with Gasteiger partial charge < -0.3 is 24.5 Å². The van der Waals surface area contributed by atoms with Gasteiger partial charge >= 0.3 is 6.09 Å². The Kier molecular flexibility index (Phi) is 8.02. The number of aliphatic hydroxyl groups is 1. The highest BCUT2D eigenvalue weighted by atomic mass is 16.6. The van der Waals surface area contributed by atoms with Crippen LogP contribution in [0.1, 0.15) is 51.5 Å². The zero-order valence-corrected chi connectivity index (χ0v) is 21.6. The first-order chi connectivity index (χ1) is 16.7. The number of nitrogens with zero attached hydrogens (tertiary/aromatic N) is 3. The number of para-hydroxylation sites is 1. The van der Waals surface area contributed by atoms with Gasteiger partial charge in [0, 0.05) is 56.9 Å². The summed E-state index contributed by atoms with van der Waals surface area (Å²) in [5, 5.41) is 10.7. The maximum Gasteiger partial charge on any atom is 0.410 e. The highest BCUT2D eigenvalue weighted by molar-refractivity contribution is 5.70. The minimum Gasteiger partial charge on any atom is -0.444 e. The van der Waals surface area contributed by atoms with Gasteiger partial charge in [0.1, 0.15) is 5.60 Å². The van der Waals surface area contributed by atoms with Gasteiger partial charge in [-0.3, -0.25) is 0 Å². The lowest BCUT2D eigenvalue weighted by Gasteiger charge is -2.40. The molecule has 6 nitrogen and oxygen atoms in total. The average Bonchev–Trinajstić information content (AvgIpc) is 3.60. The lowest BCUT2D eigenvalue weighted by molar-refractivity contribution is 0.00278. The first kappa shape index (κ1) is 25.5. The summed E-state index contributed by atoms with van der Waals surface area (Å²) < 4.78 is 5.84. The van der Waals surface area contributed by atoms with Gasteiger partial charge in [-0.05, 0) is 57.7 Å². The van der Waals surface area contributed by atoms with Gasteiger partial charge in [0.15, 0.2) is 0 Å². The lowest BCUT2D eigenvalue weighted by atomic mass is 10.0. The molecule has 1 amide bonds. The fraction of sp³-hybridized carbons (Fsp3) is 0.552. The molecule has 2 fully saturated rings. The molecule has 0 radical (unpaired) electrons. The number of rotatable bonds is 8. The highest BCUT2D eigenvalue weighted by Gasteiger charge is 2.48. The normalized spacial score (nSPS) is 21.9. The molecule has 1 unspecified atom stereocenters. The molecule has 1 heterocycles. The predicted molar refractivity (Wildman–Crippen MR) is 141 cm³/mol. The molecule has 6 heteroatoms. The second-order valence-electron chi connectivity index (χ2n) is 11.1. The molecule has 1 aliphatic carbocycles. The lowest BCUT2D eigenvalue weighted by Crippen LogP contribution is -2.51. The van der Waals surface area contributed by atoms with E-state index in [4.69, 9.17) is 4.74 Å². The summed E-state index contributed by atoms with van der Waals surface area (Å²) in [5.41, 5.74) is 1.90. The quantitative estimate of drug-likeness (QED) is 0.593. The molecule has 0 bridgehead atoms. The van der Waals surface area contributed by atoms with Crippen LogP contribution < -0.4 is 4.90 Å². The molecule has 35 heavy (non-hydrogen) atoms. The first-order valence-electron chi connectivity index (χ1n) is 12.9. The summed E-state index contributed by atoms with van der Waals surface area (Å²) in [6, 6.07) is 21.0. The molecule has 0 spiro atoms. The number of benzene rings is 2. The van der Waals surface area contributed by atoms with Crippen LogP contribution in [0.4, 0.5) is 10.5 Å². The smallest absolute Gasteiger partial charge is 0.410 e. The molecule has 1 N–H and O–H groups in total. The summed E-state index contributed by atoms with van der Waals surface area (Å²) in [6.45, 7) is 8.78. The van der Waals surface area contributed by atoms with Crippen molar-refractivity contribution in [3.05, 3.63) is 66.2 Å². The Balaban J connectivity index is 1.33. The van der Waals surface area contributed by atoms with Crippen molar-refractivity contribution in [2.45, 2.75) is 69.7 Å². The number of likely N-dealkylation sites (N-methyl/N-ethyl adjacent to an activating group) is 1. The molecule has 2 aliphatic rings. The van der Waals surface area contributed by atoms with Crippen LogP contribution in [0, 0.1) is 0 Å². The van der Waals surface area contributed by atoms with Gasteiger partial charge in [-0.25, -0.2) is 4.79 Å². The number of ether oxygens (including phenoxy) is 1. The maximum atomic E-state index is 13.3. The number of carbonyl (C=O) groups is 1. The van der Waals surface area contributed by atoms with Crippen LogP contribution in [-0.2, 0) is 4.74 Å². The number of hydrogen-bond acceptors (Lipinski definition) is 5. The van der Waals surface area contributed by atoms with Crippen molar-refractivity contribution in [1.29, 1.82) is 0 Å². The third-order valence-electron chi connectivity index (χ3n) is 7.05. The van der Waals surface area contributed by atoms with E-state index >= 15 is 0 Å². The molecule has 2 aromatic carbocycles. The van der Waals surface area contributed by atoms with Gasteiger partial charge in [0.25, 0.3) is 0 Å². The van der Waals surface area contributed by atoms with Crippen LogP contribution in [0.15, 0.2) is 60.7 Å². The number of anilines is 1. The number of hydrogen-bond donors (Lipinski definition) is 1. The van der Waals surface area contributed by atoms with Crippen molar-refractivity contribution in [1.82, 2.24) is 9.80 Å². The molecular weight excluding hydrogens is 438 g/mol. The molecular formula is C29H41N3O3. The highest BCUT2D eigenvalue weighted by Crippen LogP contribution is 2.46. The van der Waals surface area contributed by atoms with Crippen molar-refractivity contribution in [3.63, 3.8) is 0 Å². The van der Waals surface area contributed by atoms with E-state index in [-0.39, 0.29) is 18.2 Å². The van der Waals surface area contributed by atoms with E-state index in [1.54, 1.807) is 0 Å². The summed E-state index contributed by atoms with van der Waals surface area (Å²) in [5.74, 6) is 0.386. The Morgan fingerprint density at radius 2 is 1.66 bits per heavy atom. The Labute approximate surface area is 210 Å². The molecule has 2 aromatic rings. The van der Waals surface area contributed by atoms with Crippen molar-refractivity contribution in [2.75, 3.05) is 38.1 Å². The van der Waals surface area contributed by atoms with E-state index < -0.39 is 11.7 Å². The minimum absolute atomic E-state index is 0.170. The Bertz CT molecular complexity index is 939. The summed E-state index contributed by atoms with van der Waals surface area (Å²) in [6.07, 6.45) is 2.18. The van der Waals surface area contributed by atoms with Crippen molar-refractivity contribution in [3.8, 4) is 0 Å². The SMILES string of the molecule is CN(CC(O)CN1CCC(N(C(=O)OC(C)(C)C)[C@@H]2C[C@H]2c2ccccc2)CC1)c1ccccc1. The van der Waals surface area contributed by atoms with E-state index in [1.165, 1.54) is 5.56 Å². The van der Waals surface area contributed by atoms with Crippen LogP contribution in [0.25, 0.3) is 0 Å². The van der Waals surface area contributed by atoms with Gasteiger partial charge in [-0.15, -0.1) is 0 Å². The number of β-amino-alcohol motifs (C(OH)–C–C–N with tert-alkyl or cyclic N) is 1. The second kappa shape index (κ2) is 11.0. The third kappa shape index (κ3) is 6.98. The number of piperidine rings is 1. The monoisotopic (exact) mass is 479 g/mol. The number of carbonyl (C=O) groups excluding carboxylic acids is 1. The number of aliphatic hydroxyl groups excluding tert-OH is 1. The van der Waals surface area contributed by atoms with E-state index in [2.05, 4.69) is 46.2 Å². The summed E-state index contributed by atoms with van der Waals surface area (Å²) >= 11 is 0. The Morgan fingerprint density at radius 1 is 1.06 bits per heavy atom. The second-order valence-corrected chi connectivity index (χ2v) is 11.1. The van der Waals surface area contributed by atoms with Crippen molar-refractivity contribution in [2.24, 2.45) is 0 Å². The van der Waals surface area contributed by atoms with E-state index in [1.807, 2.05) is 57.0 Å². The van der Waals surface area contributed by atoms with Crippen molar-refractivity contribution >= 4 is 11.8 Å². The van der Waals surface area contributed by atoms with Gasteiger partial charge in [-0.1, -0.05) is 48.5 Å². The first-order valence-corrected chi connectivity index (χ1v) is 12.9. The average molecular weight is 480 g/mol. The Morgan fingerprint density at radius 3 is 2.26 bits per heavy atom. The van der Waals surface area contributed by atoms with E-state index in [9.17, 15) is 9.90 Å². The van der Waals surface area contributed by atoms with Crippen LogP contribution >= 0.6 is 0 Å². The van der Waals surface area contributed by atoms with Crippen LogP contribution in [0.2, 0.25) is 0 Å². The topological polar surface area (TPSA) is 56.2 Å². The van der Waals surface area contributed by atoms with Crippen molar-refractivity contribution < 1.29 is 14.6 Å². The molecule has 1 saturated carbocycles. The minimum atomic E-state index is -0.512. The van der Waals surface area contributed by atoms with Gasteiger partial charge in [0.05, 0.1) is 6.10 Å². The van der Waals surface area contributed by atoms with E-state index in [0.717, 1.165) is 38.0 Å². The van der Waals surface area contributed by atoms with Gasteiger partial charge in [-0.2, -0.15) is 0 Å². The molecule has 4 rings (SSSR count). The standard InChI is InChI=1S/C29H41N3O3/c1-29(2,3)35-28(34)32(27-19-26(27)22-11-7-5-8-12-22)24-15-17-31(18-16-24)21-25(33)20-30(4)23-13-9-6-10-14-23/h5-14,24-27,33H,15-21H2,1-4H3/t25?,26-,27+/m0/s1. The largest absolute Gasteiger partial charge is 0.444 e. The van der Waals surface area contributed by atoms with Crippen LogP contribution in [0.5, 0.6) is 0 Å². The fourth-order valence-corrected chi connectivity index (χ4v) is 5.26. The zero-order chi connectivity index (χ0) is 25.0. The Hall–Kier alpha value is -2.57. The van der Waals surface area contributed by atoms with E-state index in [0.29, 0.717) is 19.0 Å². The third-order valence-corrected chi connectivity index (χ3v) is 7.05. The molecule has 1 aliphatic heterocycles. The summed E-state index contributed by atoms with van der Waals surface area (Å²) in [4.78, 5) is 19.7. The fourth-order valence-electron chi connectivity index (χ4n) is 5.26. The molecule has 1 saturated heterocycles. The molecule has 0 aromatic heterocycles. The molecule has 190 valence electrons. The van der Waals surface area contributed by atoms with Gasteiger partial charge in [0.2, 0.25) is 0 Å². The summed E-state index contributed by atoms with van der Waals surface area (Å²) in [7, 11) is 2.02.